The Kier molecular flexibility index (Phi) is 3.73. The van der Waals surface area contributed by atoms with Crippen LogP contribution >= 0.6 is 0 Å². The van der Waals surface area contributed by atoms with Gasteiger partial charge in [-0.2, -0.15) is 0 Å². The van der Waals surface area contributed by atoms with E-state index in [1.165, 1.54) is 5.56 Å². The number of carbonyl (C=O) groups is 1. The van der Waals surface area contributed by atoms with Gasteiger partial charge in [-0.05, 0) is 30.0 Å². The van der Waals surface area contributed by atoms with Crippen LogP contribution in [0.2, 0.25) is 0 Å². The summed E-state index contributed by atoms with van der Waals surface area (Å²) in [5.41, 5.74) is 3.43. The first-order valence-corrected chi connectivity index (χ1v) is 7.08. The molecule has 0 saturated carbocycles. The van der Waals surface area contributed by atoms with Gasteiger partial charge < -0.3 is 9.88 Å². The van der Waals surface area contributed by atoms with Crippen LogP contribution in [0, 0.1) is 6.92 Å². The van der Waals surface area contributed by atoms with Gasteiger partial charge in [-0.1, -0.05) is 48.0 Å². The third-order valence-corrected chi connectivity index (χ3v) is 3.60. The predicted octanol–water partition coefficient (Wildman–Crippen LogP) is 3.27. The Morgan fingerprint density at radius 1 is 1.05 bits per heavy atom. The molecule has 0 spiro atoms. The number of rotatable bonds is 4. The highest BCUT2D eigenvalue weighted by atomic mass is 16.1. The fraction of sp³-hybridized carbons (Fsp3) is 0.167. The molecule has 1 N–H and O–H groups in total. The van der Waals surface area contributed by atoms with Gasteiger partial charge in [0.25, 0.3) is 0 Å². The zero-order chi connectivity index (χ0) is 14.7. The summed E-state index contributed by atoms with van der Waals surface area (Å²) in [5.74, 6) is 0.0249. The first-order valence-electron chi connectivity index (χ1n) is 7.08. The van der Waals surface area contributed by atoms with Crippen molar-refractivity contribution in [3.63, 3.8) is 0 Å². The molecule has 0 aliphatic heterocycles. The van der Waals surface area contributed by atoms with Crippen LogP contribution in [-0.2, 0) is 17.9 Å². The highest BCUT2D eigenvalue weighted by Gasteiger charge is 2.05. The second kappa shape index (κ2) is 5.83. The van der Waals surface area contributed by atoms with Crippen LogP contribution in [0.5, 0.6) is 0 Å². The molecule has 3 rings (SSSR count). The zero-order valence-electron chi connectivity index (χ0n) is 12.0. The van der Waals surface area contributed by atoms with Gasteiger partial charge in [0.1, 0.15) is 6.54 Å². The summed E-state index contributed by atoms with van der Waals surface area (Å²) in [4.78, 5) is 12.1. The second-order valence-corrected chi connectivity index (χ2v) is 5.26. The standard InChI is InChI=1S/C18H18N2O/c1-14-6-8-15(9-7-14)12-19-18(21)13-20-11-10-16-4-2-3-5-17(16)20/h2-11H,12-13H2,1H3,(H,19,21). The van der Waals surface area contributed by atoms with Crippen molar-refractivity contribution in [2.75, 3.05) is 0 Å². The largest absolute Gasteiger partial charge is 0.350 e. The van der Waals surface area contributed by atoms with Gasteiger partial charge in [0, 0.05) is 18.3 Å². The molecule has 0 atom stereocenters. The highest BCUT2D eigenvalue weighted by Crippen LogP contribution is 2.14. The summed E-state index contributed by atoms with van der Waals surface area (Å²) in [6, 6.07) is 18.3. The van der Waals surface area contributed by atoms with Crippen molar-refractivity contribution < 1.29 is 4.79 Å². The van der Waals surface area contributed by atoms with Crippen LogP contribution < -0.4 is 5.32 Å². The fourth-order valence-corrected chi connectivity index (χ4v) is 2.40. The van der Waals surface area contributed by atoms with E-state index in [0.717, 1.165) is 16.5 Å². The van der Waals surface area contributed by atoms with E-state index in [1.54, 1.807) is 0 Å². The average molecular weight is 278 g/mol. The van der Waals surface area contributed by atoms with Crippen molar-refractivity contribution in [1.82, 2.24) is 9.88 Å². The maximum Gasteiger partial charge on any atom is 0.240 e. The predicted molar refractivity (Wildman–Crippen MR) is 85.0 cm³/mol. The Bertz CT molecular complexity index is 756. The topological polar surface area (TPSA) is 34.0 Å². The molecule has 1 heterocycles. The van der Waals surface area contributed by atoms with Crippen molar-refractivity contribution in [3.8, 4) is 0 Å². The van der Waals surface area contributed by atoms with E-state index in [1.807, 2.05) is 47.2 Å². The van der Waals surface area contributed by atoms with Crippen molar-refractivity contribution in [2.45, 2.75) is 20.0 Å². The summed E-state index contributed by atoms with van der Waals surface area (Å²) in [6.45, 7) is 2.97. The first-order chi connectivity index (χ1) is 10.2. The Balaban J connectivity index is 1.62. The lowest BCUT2D eigenvalue weighted by Gasteiger charge is -2.08. The molecule has 0 radical (unpaired) electrons. The molecule has 21 heavy (non-hydrogen) atoms. The third-order valence-electron chi connectivity index (χ3n) is 3.60. The van der Waals surface area contributed by atoms with E-state index in [0.29, 0.717) is 13.1 Å². The lowest BCUT2D eigenvalue weighted by molar-refractivity contribution is -0.121. The van der Waals surface area contributed by atoms with E-state index in [-0.39, 0.29) is 5.91 Å². The normalized spacial score (nSPS) is 10.7. The molecule has 2 aromatic carbocycles. The van der Waals surface area contributed by atoms with Gasteiger partial charge in [-0.25, -0.2) is 0 Å². The number of nitrogens with one attached hydrogen (secondary N) is 1. The molecule has 3 nitrogen and oxygen atoms in total. The number of aromatic nitrogens is 1. The molecule has 0 aliphatic carbocycles. The Labute approximate surface area is 124 Å². The molecule has 106 valence electrons. The van der Waals surface area contributed by atoms with Gasteiger partial charge in [0.05, 0.1) is 0 Å². The highest BCUT2D eigenvalue weighted by molar-refractivity contribution is 5.83. The number of para-hydroxylation sites is 1. The minimum absolute atomic E-state index is 0.0249. The lowest BCUT2D eigenvalue weighted by Crippen LogP contribution is -2.26. The number of fused-ring (bicyclic) bond motifs is 1. The summed E-state index contributed by atoms with van der Waals surface area (Å²) < 4.78 is 1.97. The second-order valence-electron chi connectivity index (χ2n) is 5.26. The van der Waals surface area contributed by atoms with E-state index < -0.39 is 0 Å². The molecule has 0 aliphatic rings. The number of hydrogen-bond donors (Lipinski definition) is 1. The third kappa shape index (κ3) is 3.14. The number of nitrogens with zero attached hydrogens (tertiary/aromatic N) is 1. The van der Waals surface area contributed by atoms with Crippen LogP contribution in [0.3, 0.4) is 0 Å². The summed E-state index contributed by atoms with van der Waals surface area (Å²) in [6.07, 6.45) is 1.95. The van der Waals surface area contributed by atoms with Gasteiger partial charge in [0.2, 0.25) is 5.91 Å². The summed E-state index contributed by atoms with van der Waals surface area (Å²) >= 11 is 0. The molecule has 1 aromatic heterocycles. The maximum absolute atomic E-state index is 12.1. The van der Waals surface area contributed by atoms with Crippen LogP contribution in [0.4, 0.5) is 0 Å². The average Bonchev–Trinajstić information content (AvgIpc) is 2.90. The van der Waals surface area contributed by atoms with Crippen molar-refractivity contribution >= 4 is 16.8 Å². The number of hydrogen-bond acceptors (Lipinski definition) is 1. The Hall–Kier alpha value is -2.55. The lowest BCUT2D eigenvalue weighted by atomic mass is 10.1. The van der Waals surface area contributed by atoms with Gasteiger partial charge >= 0.3 is 0 Å². The quantitative estimate of drug-likeness (QED) is 0.781. The minimum atomic E-state index is 0.0249. The van der Waals surface area contributed by atoms with E-state index in [9.17, 15) is 4.79 Å². The van der Waals surface area contributed by atoms with Gasteiger partial charge in [0.15, 0.2) is 0 Å². The van der Waals surface area contributed by atoms with Gasteiger partial charge in [-0.3, -0.25) is 4.79 Å². The van der Waals surface area contributed by atoms with Crippen LogP contribution in [0.25, 0.3) is 10.9 Å². The molecule has 3 heteroatoms. The Morgan fingerprint density at radius 2 is 1.81 bits per heavy atom. The number of benzene rings is 2. The molecular formula is C18H18N2O. The van der Waals surface area contributed by atoms with E-state index in [4.69, 9.17) is 0 Å². The molecule has 0 unspecified atom stereocenters. The summed E-state index contributed by atoms with van der Waals surface area (Å²) in [7, 11) is 0. The van der Waals surface area contributed by atoms with Crippen molar-refractivity contribution in [3.05, 3.63) is 71.9 Å². The maximum atomic E-state index is 12.1. The molecule has 0 bridgehead atoms. The van der Waals surface area contributed by atoms with Crippen LogP contribution in [0.15, 0.2) is 60.8 Å². The zero-order valence-corrected chi connectivity index (χ0v) is 12.0. The molecule has 0 saturated heterocycles. The first kappa shape index (κ1) is 13.4. The van der Waals surface area contributed by atoms with Crippen LogP contribution in [0.1, 0.15) is 11.1 Å². The number of amides is 1. The molecular weight excluding hydrogens is 260 g/mol. The summed E-state index contributed by atoms with van der Waals surface area (Å²) in [5, 5.41) is 4.12. The number of carbonyl (C=O) groups excluding carboxylic acids is 1. The van der Waals surface area contributed by atoms with Crippen molar-refractivity contribution in [1.29, 1.82) is 0 Å². The van der Waals surface area contributed by atoms with Crippen molar-refractivity contribution in [2.24, 2.45) is 0 Å². The molecule has 0 fully saturated rings. The molecule has 3 aromatic rings. The van der Waals surface area contributed by atoms with Crippen LogP contribution in [-0.4, -0.2) is 10.5 Å². The van der Waals surface area contributed by atoms with Gasteiger partial charge in [-0.15, -0.1) is 0 Å². The SMILES string of the molecule is Cc1ccc(CNC(=O)Cn2ccc3ccccc32)cc1. The molecule has 1 amide bonds. The Morgan fingerprint density at radius 3 is 2.62 bits per heavy atom. The van der Waals surface area contributed by atoms with E-state index >= 15 is 0 Å². The minimum Gasteiger partial charge on any atom is -0.350 e. The smallest absolute Gasteiger partial charge is 0.240 e. The number of aryl methyl sites for hydroxylation is 1. The fourth-order valence-electron chi connectivity index (χ4n) is 2.40. The monoisotopic (exact) mass is 278 g/mol. The van der Waals surface area contributed by atoms with E-state index in [2.05, 4.69) is 30.4 Å².